The number of benzene rings is 8. The topological polar surface area (TPSA) is 35.9 Å². The molecule has 0 atom stereocenters. The van der Waals surface area contributed by atoms with Crippen LogP contribution >= 0.6 is 0 Å². The molecule has 0 radical (unpaired) electrons. The third-order valence-corrected chi connectivity index (χ3v) is 13.7. The molecule has 12 rings (SSSR count). The Hall–Kier alpha value is -7.33. The van der Waals surface area contributed by atoms with E-state index in [4.69, 9.17) is 34.4 Å². The number of nitrogens with zero attached hydrogens (tertiary/aromatic N) is 4. The SMILES string of the molecule is [2H]c1c([2H])c([2H])c(-c2cc(C(C)(C)C)cc(-c3c([2H])c([2H])c4c(c3[2H])C(C([2H])([2H])[2H])(C([2H])([2H])[2H])C([2H])([2H])C([2H])([2H])C4(C([2H])([2H])[2H])C([2H])([2H])[2H])c2-[n+]2[c-]n(-c3[c-]c(Oc4[c-]c5c(cc4)c4ccccc4n5-c4cc(C(C)(C)C)ccn4)ccc3)c3cc(-c4ccccc4)c(C([2H])([2H])[2H])cc32)c([2H])c1[2H].[Pt]. The maximum atomic E-state index is 10.5. The zero-order valence-electron chi connectivity index (χ0n) is 69.6. The van der Waals surface area contributed by atoms with Gasteiger partial charge in [-0.2, -0.15) is 18.2 Å². The minimum Gasteiger partial charge on any atom is -0.510 e. The number of ether oxygens (including phenoxy) is 1. The van der Waals surface area contributed by atoms with Gasteiger partial charge in [-0.3, -0.25) is 4.57 Å². The molecule has 0 saturated heterocycles. The predicted octanol–water partition coefficient (Wildman–Crippen LogP) is 17.8. The van der Waals surface area contributed by atoms with Crippen LogP contribution in [0.25, 0.3) is 83.4 Å². The summed E-state index contributed by atoms with van der Waals surface area (Å²) in [6.07, 6.45) is -4.38. The Morgan fingerprint density at radius 3 is 2.09 bits per heavy atom. The minimum absolute atomic E-state index is 0. The fraction of sp³-hybridized carbons (Fsp3) is 0.239. The van der Waals surface area contributed by atoms with Gasteiger partial charge in [0.25, 0.3) is 6.33 Å². The molecule has 5 nitrogen and oxygen atoms in total. The van der Waals surface area contributed by atoms with Crippen LogP contribution in [0.5, 0.6) is 11.5 Å². The zero-order chi connectivity index (χ0) is 75.9. The van der Waals surface area contributed by atoms with E-state index in [-0.39, 0.29) is 71.4 Å². The van der Waals surface area contributed by atoms with E-state index >= 15 is 0 Å². The quantitative estimate of drug-likeness (QED) is 0.112. The van der Waals surface area contributed by atoms with Crippen LogP contribution < -0.4 is 9.30 Å². The first-order chi connectivity index (χ1) is 47.4. The third-order valence-electron chi connectivity index (χ3n) is 13.7. The third kappa shape index (κ3) is 9.35. The molecule has 0 fully saturated rings. The molecule has 0 amide bonds. The number of hydrogen-bond donors (Lipinski definition) is 0. The Kier molecular flexibility index (Phi) is 7.23. The van der Waals surface area contributed by atoms with Crippen molar-refractivity contribution in [2.24, 2.45) is 0 Å². The molecule has 0 saturated carbocycles. The van der Waals surface area contributed by atoms with Crippen LogP contribution in [0.2, 0.25) is 0 Å². The van der Waals surface area contributed by atoms with E-state index in [0.29, 0.717) is 16.9 Å². The van der Waals surface area contributed by atoms with Gasteiger partial charge in [0.1, 0.15) is 5.82 Å². The number of rotatable bonds is 8. The summed E-state index contributed by atoms with van der Waals surface area (Å²) in [6.45, 7) is -9.43. The fourth-order valence-corrected chi connectivity index (χ4v) is 9.77. The average molecular weight is 1210 g/mol. The second-order valence-corrected chi connectivity index (χ2v) is 21.0. The van der Waals surface area contributed by atoms with E-state index in [2.05, 4.69) is 39.2 Å². The molecule has 3 aromatic heterocycles. The molecule has 11 aromatic rings. The minimum atomic E-state index is -4.71. The van der Waals surface area contributed by atoms with E-state index in [1.807, 2.05) is 47.0 Å². The fourth-order valence-electron chi connectivity index (χ4n) is 9.77. The standard InChI is InChI=1S/C71H66N4O.Pt/c1-46-37-64-65(44-57(46)47-21-14-12-15-22-47)73(52-25-20-26-53(42-52)76-54-30-31-56-55-27-18-19-28-62(55)75(63(56)43-54)66-41-50(33-36-72-66)68(2,3)4)45-74(64)67-58(48-23-16-13-17-24-48)39-51(69(5,6)7)40-59(67)49-29-32-60-61(38-49)71(10,11)35-34-70(60,8)9;/h12-33,36-41,44H,34-35H2,1-11H3;/q-2;/i1D3,8D3,9D3,10D3,11D3,13D,16D,17D,23D,24D,29D,32D,34D2,35D2,38D;. The van der Waals surface area contributed by atoms with Crippen molar-refractivity contribution in [1.29, 1.82) is 0 Å². The number of aromatic nitrogens is 4. The molecule has 6 heteroatoms. The zero-order valence-corrected chi connectivity index (χ0v) is 44.9. The van der Waals surface area contributed by atoms with Crippen LogP contribution in [0.3, 0.4) is 0 Å². The first kappa shape index (κ1) is 28.9. The van der Waals surface area contributed by atoms with Gasteiger partial charge in [-0.1, -0.05) is 183 Å². The number of fused-ring (bicyclic) bond motifs is 5. The van der Waals surface area contributed by atoms with E-state index in [1.165, 1.54) is 28.8 Å². The van der Waals surface area contributed by atoms with Gasteiger partial charge in [0.05, 0.1) is 27.7 Å². The smallest absolute Gasteiger partial charge is 0.268 e. The molecule has 0 N–H and O–H groups in total. The van der Waals surface area contributed by atoms with Crippen molar-refractivity contribution in [3.63, 3.8) is 0 Å². The summed E-state index contributed by atoms with van der Waals surface area (Å²) in [5.41, 5.74) is -14.4. The first-order valence-corrected chi connectivity index (χ1v) is 24.6. The van der Waals surface area contributed by atoms with E-state index in [1.54, 1.807) is 81.6 Å². The summed E-state index contributed by atoms with van der Waals surface area (Å²) < 4.78 is 262. The summed E-state index contributed by atoms with van der Waals surface area (Å²) in [5, 5.41) is 1.73. The first-order valence-electron chi connectivity index (χ1n) is 38.1. The molecule has 0 bridgehead atoms. The molecule has 0 spiro atoms. The Balaban J connectivity index is 0.0000108. The summed E-state index contributed by atoms with van der Waals surface area (Å²) >= 11 is 0. The van der Waals surface area contributed by atoms with Crippen LogP contribution in [0, 0.1) is 25.3 Å². The molecule has 0 unspecified atom stereocenters. The van der Waals surface area contributed by atoms with Gasteiger partial charge in [-0.25, -0.2) is 4.98 Å². The van der Waals surface area contributed by atoms with Crippen molar-refractivity contribution >= 4 is 32.8 Å². The summed E-state index contributed by atoms with van der Waals surface area (Å²) in [7, 11) is 0. The molecule has 3 heterocycles. The summed E-state index contributed by atoms with van der Waals surface area (Å²) in [4.78, 5) is 4.79. The molecule has 77 heavy (non-hydrogen) atoms. The molecule has 1 aliphatic carbocycles. The van der Waals surface area contributed by atoms with Crippen molar-refractivity contribution in [1.82, 2.24) is 14.1 Å². The van der Waals surface area contributed by atoms with Gasteiger partial charge in [0.2, 0.25) is 0 Å². The summed E-state index contributed by atoms with van der Waals surface area (Å²) in [6, 6.07) is 31.6. The Bertz CT molecular complexity index is 5260. The maximum Gasteiger partial charge on any atom is 0.268 e. The van der Waals surface area contributed by atoms with Crippen molar-refractivity contribution in [2.75, 3.05) is 0 Å². The van der Waals surface area contributed by atoms with E-state index in [0.717, 1.165) is 26.4 Å². The van der Waals surface area contributed by atoms with Gasteiger partial charge in [-0.05, 0) is 144 Å². The van der Waals surface area contributed by atoms with Crippen molar-refractivity contribution in [3.8, 4) is 62.1 Å². The molecule has 0 aliphatic heterocycles. The molecule has 1 aliphatic rings. The molecule has 8 aromatic carbocycles. The Morgan fingerprint density at radius 2 is 1.35 bits per heavy atom. The van der Waals surface area contributed by atoms with Gasteiger partial charge >= 0.3 is 0 Å². The number of aryl methyl sites for hydroxylation is 1. The van der Waals surface area contributed by atoms with Crippen molar-refractivity contribution < 1.29 is 67.4 Å². The van der Waals surface area contributed by atoms with Crippen molar-refractivity contribution in [2.45, 2.75) is 110 Å². The second kappa shape index (κ2) is 19.3. The van der Waals surface area contributed by atoms with Gasteiger partial charge in [-0.15, -0.1) is 29.7 Å². The van der Waals surface area contributed by atoms with Crippen LogP contribution in [0.15, 0.2) is 176 Å². The van der Waals surface area contributed by atoms with Crippen LogP contribution in [0.4, 0.5) is 0 Å². The van der Waals surface area contributed by atoms with Gasteiger partial charge in [0.15, 0.2) is 0 Å². The number of hydrogen-bond acceptors (Lipinski definition) is 2. The number of para-hydroxylation sites is 1. The predicted molar refractivity (Wildman–Crippen MR) is 314 cm³/mol. The van der Waals surface area contributed by atoms with Crippen LogP contribution in [0.1, 0.15) is 147 Å². The Morgan fingerprint density at radius 1 is 0.636 bits per heavy atom. The molecular weight excluding hydrogens is 1120 g/mol. The number of imidazole rings is 1. The van der Waals surface area contributed by atoms with Crippen LogP contribution in [-0.4, -0.2) is 14.1 Å². The van der Waals surface area contributed by atoms with Crippen molar-refractivity contribution in [3.05, 3.63) is 222 Å². The molecule has 388 valence electrons. The van der Waals surface area contributed by atoms with Gasteiger partial charge in [0, 0.05) is 70.3 Å². The normalized spacial score (nSPS) is 21.4. The van der Waals surface area contributed by atoms with E-state index < -0.39 is 151 Å². The van der Waals surface area contributed by atoms with E-state index in [9.17, 15) is 12.3 Å². The molecular formula is C71H66N4OPt-2. The monoisotopic (exact) mass is 1210 g/mol. The summed E-state index contributed by atoms with van der Waals surface area (Å²) in [5.74, 6) is 0.899. The average Bonchev–Trinajstić information content (AvgIpc) is 0.711. The van der Waals surface area contributed by atoms with Crippen LogP contribution in [-0.2, 0) is 42.7 Å². The second-order valence-electron chi connectivity index (χ2n) is 21.0. The maximum absolute atomic E-state index is 10.5. The largest absolute Gasteiger partial charge is 0.510 e. The number of pyridine rings is 1. The van der Waals surface area contributed by atoms with Gasteiger partial charge < -0.3 is 13.9 Å². The Labute approximate surface area is 507 Å².